The summed E-state index contributed by atoms with van der Waals surface area (Å²) in [7, 11) is 0. The smallest absolute Gasteiger partial charge is 0.147 e. The Morgan fingerprint density at radius 1 is 1.00 bits per heavy atom. The minimum atomic E-state index is 0.352. The van der Waals surface area contributed by atoms with Gasteiger partial charge in [0.2, 0.25) is 0 Å². The SMILES string of the molecule is O=C1[C@H]2C=C[C@@H]1[C@@H]1[C@H]3CC[C@H](C3)[C@@H]12. The van der Waals surface area contributed by atoms with Crippen LogP contribution in [0.5, 0.6) is 0 Å². The Labute approximate surface area is 78.2 Å². The molecule has 0 heterocycles. The Bertz CT molecular complexity index is 289. The van der Waals surface area contributed by atoms with Crippen LogP contribution in [-0.4, -0.2) is 5.78 Å². The van der Waals surface area contributed by atoms with Crippen molar-refractivity contribution < 1.29 is 4.79 Å². The summed E-state index contributed by atoms with van der Waals surface area (Å²) in [6.07, 6.45) is 8.67. The second-order valence-corrected chi connectivity index (χ2v) is 5.33. The molecule has 4 aliphatic rings. The van der Waals surface area contributed by atoms with Gasteiger partial charge in [-0.3, -0.25) is 4.79 Å². The molecule has 4 rings (SSSR count). The van der Waals surface area contributed by atoms with Crippen molar-refractivity contribution >= 4 is 5.78 Å². The zero-order valence-electron chi connectivity index (χ0n) is 7.65. The van der Waals surface area contributed by atoms with Crippen molar-refractivity contribution in [1.29, 1.82) is 0 Å². The van der Waals surface area contributed by atoms with Crippen LogP contribution in [0.15, 0.2) is 12.2 Å². The van der Waals surface area contributed by atoms with Crippen LogP contribution < -0.4 is 0 Å². The fraction of sp³-hybridized carbons (Fsp3) is 0.750. The van der Waals surface area contributed by atoms with Crippen molar-refractivity contribution in [1.82, 2.24) is 0 Å². The first-order valence-corrected chi connectivity index (χ1v) is 5.58. The first kappa shape index (κ1) is 6.80. The molecule has 0 spiro atoms. The monoisotopic (exact) mass is 174 g/mol. The number of hydrogen-bond donors (Lipinski definition) is 0. The quantitative estimate of drug-likeness (QED) is 0.405. The Kier molecular flexibility index (Phi) is 1.00. The fourth-order valence-corrected chi connectivity index (χ4v) is 4.73. The molecule has 0 radical (unpaired) electrons. The molecule has 4 bridgehead atoms. The van der Waals surface area contributed by atoms with Crippen LogP contribution in [-0.2, 0) is 4.79 Å². The highest BCUT2D eigenvalue weighted by Crippen LogP contribution is 2.63. The number of fused-ring (bicyclic) bond motifs is 9. The van der Waals surface area contributed by atoms with E-state index in [0.29, 0.717) is 17.6 Å². The highest BCUT2D eigenvalue weighted by atomic mass is 16.1. The molecule has 6 atom stereocenters. The maximum Gasteiger partial charge on any atom is 0.147 e. The molecule has 0 N–H and O–H groups in total. The molecule has 0 saturated heterocycles. The number of Topliss-reactive ketones (excluding diaryl/α,β-unsaturated/α-hetero) is 1. The van der Waals surface area contributed by atoms with Gasteiger partial charge in [-0.25, -0.2) is 0 Å². The topological polar surface area (TPSA) is 17.1 Å². The normalized spacial score (nSPS) is 60.8. The molecule has 68 valence electrons. The summed E-state index contributed by atoms with van der Waals surface area (Å²) in [4.78, 5) is 11.8. The van der Waals surface area contributed by atoms with Gasteiger partial charge in [0, 0.05) is 11.8 Å². The third-order valence-corrected chi connectivity index (χ3v) is 5.06. The van der Waals surface area contributed by atoms with Crippen molar-refractivity contribution in [3.05, 3.63) is 12.2 Å². The summed E-state index contributed by atoms with van der Waals surface area (Å²) in [5.41, 5.74) is 0. The molecule has 0 unspecified atom stereocenters. The van der Waals surface area contributed by atoms with Gasteiger partial charge in [0.1, 0.15) is 5.78 Å². The molecule has 0 aromatic heterocycles. The molecule has 3 fully saturated rings. The van der Waals surface area contributed by atoms with Gasteiger partial charge >= 0.3 is 0 Å². The van der Waals surface area contributed by atoms with E-state index >= 15 is 0 Å². The Balaban J connectivity index is 1.85. The van der Waals surface area contributed by atoms with Gasteiger partial charge in [0.25, 0.3) is 0 Å². The average molecular weight is 174 g/mol. The van der Waals surface area contributed by atoms with Crippen LogP contribution in [0.4, 0.5) is 0 Å². The van der Waals surface area contributed by atoms with Gasteiger partial charge in [-0.1, -0.05) is 12.2 Å². The van der Waals surface area contributed by atoms with E-state index in [4.69, 9.17) is 0 Å². The number of carbonyl (C=O) groups is 1. The molecule has 0 aliphatic heterocycles. The Morgan fingerprint density at radius 3 is 2.08 bits per heavy atom. The first-order valence-electron chi connectivity index (χ1n) is 5.58. The van der Waals surface area contributed by atoms with E-state index in [1.54, 1.807) is 0 Å². The van der Waals surface area contributed by atoms with Crippen molar-refractivity contribution in [3.8, 4) is 0 Å². The molecule has 0 aromatic carbocycles. The number of ketones is 1. The second-order valence-electron chi connectivity index (χ2n) is 5.33. The lowest BCUT2D eigenvalue weighted by Crippen LogP contribution is -2.25. The van der Waals surface area contributed by atoms with Crippen LogP contribution in [0.1, 0.15) is 19.3 Å². The van der Waals surface area contributed by atoms with Crippen molar-refractivity contribution in [2.45, 2.75) is 19.3 Å². The summed E-state index contributed by atoms with van der Waals surface area (Å²) in [5, 5.41) is 0. The predicted molar refractivity (Wildman–Crippen MR) is 48.9 cm³/mol. The van der Waals surface area contributed by atoms with Crippen molar-refractivity contribution in [3.63, 3.8) is 0 Å². The molecule has 0 aromatic rings. The zero-order valence-corrected chi connectivity index (χ0v) is 7.65. The lowest BCUT2D eigenvalue weighted by atomic mass is 9.73. The third-order valence-electron chi connectivity index (χ3n) is 5.06. The number of hydrogen-bond acceptors (Lipinski definition) is 1. The third kappa shape index (κ3) is 0.589. The predicted octanol–water partition coefficient (Wildman–Crippen LogP) is 2.03. The molecule has 1 heteroatoms. The maximum absolute atomic E-state index is 11.8. The number of rotatable bonds is 0. The summed E-state index contributed by atoms with van der Waals surface area (Å²) in [6.45, 7) is 0. The molecule has 4 aliphatic carbocycles. The minimum Gasteiger partial charge on any atom is -0.298 e. The lowest BCUT2D eigenvalue weighted by molar-refractivity contribution is -0.121. The van der Waals surface area contributed by atoms with E-state index in [0.717, 1.165) is 23.7 Å². The van der Waals surface area contributed by atoms with E-state index in [9.17, 15) is 4.79 Å². The van der Waals surface area contributed by atoms with Gasteiger partial charge in [0.15, 0.2) is 0 Å². The number of carbonyl (C=O) groups excluding carboxylic acids is 1. The molecular formula is C12H14O. The van der Waals surface area contributed by atoms with Gasteiger partial charge in [-0.2, -0.15) is 0 Å². The van der Waals surface area contributed by atoms with E-state index in [1.165, 1.54) is 19.3 Å². The first-order chi connectivity index (χ1) is 6.36. The standard InChI is InChI=1S/C12H14O/c13-12-8-3-4-9(12)11-7-2-1-6(5-7)10(8)11/h3-4,6-11H,1-2,5H2/t6-,7+,8+,9-,10-,11+. The van der Waals surface area contributed by atoms with E-state index in [-0.39, 0.29) is 0 Å². The highest BCUT2D eigenvalue weighted by molar-refractivity contribution is 5.92. The maximum atomic E-state index is 11.8. The number of allylic oxidation sites excluding steroid dienone is 2. The zero-order chi connectivity index (χ0) is 8.58. The average Bonchev–Trinajstić information content (AvgIpc) is 2.84. The summed E-state index contributed by atoms with van der Waals surface area (Å²) in [5.74, 6) is 4.66. The summed E-state index contributed by atoms with van der Waals surface area (Å²) in [6, 6.07) is 0. The van der Waals surface area contributed by atoms with Crippen LogP contribution in [0.25, 0.3) is 0 Å². The molecule has 3 saturated carbocycles. The van der Waals surface area contributed by atoms with Crippen molar-refractivity contribution in [2.75, 3.05) is 0 Å². The minimum absolute atomic E-state index is 0.352. The summed E-state index contributed by atoms with van der Waals surface area (Å²) >= 11 is 0. The van der Waals surface area contributed by atoms with Crippen LogP contribution in [0, 0.1) is 35.5 Å². The van der Waals surface area contributed by atoms with Gasteiger partial charge in [-0.05, 0) is 42.9 Å². The Hall–Kier alpha value is -0.590. The van der Waals surface area contributed by atoms with Crippen LogP contribution in [0.2, 0.25) is 0 Å². The molecule has 0 amide bonds. The second kappa shape index (κ2) is 1.92. The van der Waals surface area contributed by atoms with Crippen molar-refractivity contribution in [2.24, 2.45) is 35.5 Å². The van der Waals surface area contributed by atoms with Gasteiger partial charge < -0.3 is 0 Å². The van der Waals surface area contributed by atoms with E-state index in [2.05, 4.69) is 12.2 Å². The van der Waals surface area contributed by atoms with Crippen LogP contribution >= 0.6 is 0 Å². The molecule has 13 heavy (non-hydrogen) atoms. The largest absolute Gasteiger partial charge is 0.298 e. The van der Waals surface area contributed by atoms with Gasteiger partial charge in [-0.15, -0.1) is 0 Å². The highest BCUT2D eigenvalue weighted by Gasteiger charge is 2.61. The van der Waals surface area contributed by atoms with E-state index in [1.807, 2.05) is 0 Å². The molecule has 1 nitrogen and oxygen atoms in total. The fourth-order valence-electron chi connectivity index (χ4n) is 4.73. The Morgan fingerprint density at radius 2 is 1.54 bits per heavy atom. The molecular weight excluding hydrogens is 160 g/mol. The lowest BCUT2D eigenvalue weighted by Gasteiger charge is -2.30. The van der Waals surface area contributed by atoms with Crippen LogP contribution in [0.3, 0.4) is 0 Å². The van der Waals surface area contributed by atoms with Gasteiger partial charge in [0.05, 0.1) is 0 Å². The summed E-state index contributed by atoms with van der Waals surface area (Å²) < 4.78 is 0. The van der Waals surface area contributed by atoms with E-state index < -0.39 is 0 Å².